The third-order valence-electron chi connectivity index (χ3n) is 7.08. The summed E-state index contributed by atoms with van der Waals surface area (Å²) >= 11 is 0. The fraction of sp³-hybridized carbons (Fsp3) is 0.600. The Labute approximate surface area is 213 Å². The number of carbonyl (C=O) groups excluding carboxylic acids is 1. The Morgan fingerprint density at radius 2 is 1.83 bits per heavy atom. The average molecular weight is 520 g/mol. The quantitative estimate of drug-likeness (QED) is 0.530. The van der Waals surface area contributed by atoms with Crippen LogP contribution in [0.3, 0.4) is 0 Å². The van der Waals surface area contributed by atoms with Gasteiger partial charge in [0.25, 0.3) is 0 Å². The summed E-state index contributed by atoms with van der Waals surface area (Å²) in [5.74, 6) is 1.80. The second-order valence-electron chi connectivity index (χ2n) is 9.57. The van der Waals surface area contributed by atoms with Crippen LogP contribution in [0, 0.1) is 13.8 Å². The Morgan fingerprint density at radius 3 is 2.47 bits per heavy atom. The number of benzene rings is 1. The Morgan fingerprint density at radius 1 is 1.11 bits per heavy atom. The minimum absolute atomic E-state index is 0.0200. The second kappa shape index (κ2) is 11.1. The lowest BCUT2D eigenvalue weighted by Gasteiger charge is -2.36. The number of nitrogens with one attached hydrogen (secondary N) is 1. The first-order chi connectivity index (χ1) is 17.2. The number of methoxy groups -OCH3 is 2. The van der Waals surface area contributed by atoms with Crippen molar-refractivity contribution in [2.45, 2.75) is 32.7 Å². The summed E-state index contributed by atoms with van der Waals surface area (Å²) in [5, 5.41) is 7.72. The topological polar surface area (TPSA) is 106 Å². The van der Waals surface area contributed by atoms with Crippen molar-refractivity contribution in [1.82, 2.24) is 20.0 Å². The Balaban J connectivity index is 1.25. The van der Waals surface area contributed by atoms with Gasteiger partial charge in [-0.15, -0.1) is 0 Å². The molecule has 2 aromatic rings. The van der Waals surface area contributed by atoms with Crippen molar-refractivity contribution in [3.8, 4) is 11.5 Å². The molecule has 0 bridgehead atoms. The Kier molecular flexibility index (Phi) is 8.09. The van der Waals surface area contributed by atoms with Gasteiger partial charge in [0.1, 0.15) is 0 Å². The molecule has 36 heavy (non-hydrogen) atoms. The van der Waals surface area contributed by atoms with Gasteiger partial charge >= 0.3 is 0 Å². The molecular formula is C25H37N5O5S. The van der Waals surface area contributed by atoms with Crippen LogP contribution in [0.25, 0.3) is 0 Å². The molecule has 3 heterocycles. The van der Waals surface area contributed by atoms with Gasteiger partial charge in [0.15, 0.2) is 21.3 Å². The lowest BCUT2D eigenvalue weighted by Crippen LogP contribution is -2.50. The summed E-state index contributed by atoms with van der Waals surface area (Å²) in [6.45, 7) is 8.11. The molecule has 1 unspecified atom stereocenters. The summed E-state index contributed by atoms with van der Waals surface area (Å²) < 4.78 is 36.4. The van der Waals surface area contributed by atoms with E-state index in [0.29, 0.717) is 37.4 Å². The minimum Gasteiger partial charge on any atom is -0.493 e. The van der Waals surface area contributed by atoms with Crippen LogP contribution < -0.4 is 19.7 Å². The summed E-state index contributed by atoms with van der Waals surface area (Å²) in [6.07, 6.45) is 1.34. The van der Waals surface area contributed by atoms with E-state index in [1.807, 2.05) is 36.7 Å². The van der Waals surface area contributed by atoms with Crippen LogP contribution in [-0.4, -0.2) is 94.0 Å². The lowest BCUT2D eigenvalue weighted by molar-refractivity contribution is -0.122. The number of nitrogens with zero attached hydrogens (tertiary/aromatic N) is 4. The Hall–Kier alpha value is -2.79. The molecule has 198 valence electrons. The van der Waals surface area contributed by atoms with Crippen molar-refractivity contribution < 1.29 is 22.7 Å². The first kappa shape index (κ1) is 26.3. The van der Waals surface area contributed by atoms with E-state index in [1.54, 1.807) is 14.2 Å². The highest BCUT2D eigenvalue weighted by Gasteiger charge is 2.32. The first-order valence-corrected chi connectivity index (χ1v) is 14.2. The molecule has 0 aliphatic carbocycles. The zero-order valence-electron chi connectivity index (χ0n) is 21.6. The number of rotatable bonds is 9. The highest BCUT2D eigenvalue weighted by molar-refractivity contribution is 7.91. The van der Waals surface area contributed by atoms with E-state index < -0.39 is 9.84 Å². The van der Waals surface area contributed by atoms with E-state index >= 15 is 0 Å². The number of aromatic nitrogens is 2. The average Bonchev–Trinajstić information content (AvgIpc) is 3.36. The molecule has 2 saturated heterocycles. The molecule has 1 aromatic heterocycles. The monoisotopic (exact) mass is 519 g/mol. The zero-order valence-corrected chi connectivity index (χ0v) is 22.4. The number of piperazine rings is 1. The maximum atomic E-state index is 12.5. The third kappa shape index (κ3) is 5.95. The number of hydrogen-bond acceptors (Lipinski definition) is 8. The van der Waals surface area contributed by atoms with Crippen LogP contribution in [0.15, 0.2) is 18.2 Å². The van der Waals surface area contributed by atoms with E-state index in [4.69, 9.17) is 14.6 Å². The smallest absolute Gasteiger partial charge is 0.234 e. The summed E-state index contributed by atoms with van der Waals surface area (Å²) in [6, 6.07) is 5.71. The molecule has 0 saturated carbocycles. The molecule has 1 N–H and O–H groups in total. The second-order valence-corrected chi connectivity index (χ2v) is 11.8. The number of carbonyl (C=O) groups is 1. The van der Waals surface area contributed by atoms with E-state index in [0.717, 1.165) is 48.8 Å². The van der Waals surface area contributed by atoms with Crippen LogP contribution >= 0.6 is 0 Å². The van der Waals surface area contributed by atoms with Crippen molar-refractivity contribution in [2.75, 3.05) is 69.9 Å². The SMILES string of the molecule is COc1ccc(CCNC(=O)CN2CCN(c3c(C)nn(C4CCS(=O)(=O)C4)c3C)CC2)cc1OC. The first-order valence-electron chi connectivity index (χ1n) is 12.4. The predicted octanol–water partition coefficient (Wildman–Crippen LogP) is 1.36. The van der Waals surface area contributed by atoms with E-state index in [2.05, 4.69) is 15.1 Å². The van der Waals surface area contributed by atoms with Crippen molar-refractivity contribution in [1.29, 1.82) is 0 Å². The fourth-order valence-electron chi connectivity index (χ4n) is 5.21. The van der Waals surface area contributed by atoms with E-state index in [-0.39, 0.29) is 23.5 Å². The maximum absolute atomic E-state index is 12.5. The summed E-state index contributed by atoms with van der Waals surface area (Å²) in [5.41, 5.74) is 4.12. The van der Waals surface area contributed by atoms with Gasteiger partial charge in [-0.3, -0.25) is 14.4 Å². The normalized spacial score (nSPS) is 19.9. The number of anilines is 1. The van der Waals surface area contributed by atoms with E-state index in [9.17, 15) is 13.2 Å². The molecule has 1 aromatic carbocycles. The van der Waals surface area contributed by atoms with Crippen LogP contribution in [0.2, 0.25) is 0 Å². The van der Waals surface area contributed by atoms with Crippen molar-refractivity contribution >= 4 is 21.4 Å². The van der Waals surface area contributed by atoms with E-state index in [1.165, 1.54) is 0 Å². The van der Waals surface area contributed by atoms with Gasteiger partial charge in [-0.05, 0) is 44.4 Å². The van der Waals surface area contributed by atoms with Crippen molar-refractivity contribution in [3.05, 3.63) is 35.2 Å². The minimum atomic E-state index is -2.97. The highest BCUT2D eigenvalue weighted by atomic mass is 32.2. The number of hydrogen-bond donors (Lipinski definition) is 1. The largest absolute Gasteiger partial charge is 0.493 e. The van der Waals surface area contributed by atoms with Gasteiger partial charge in [0.05, 0.1) is 55.4 Å². The van der Waals surface area contributed by atoms with Gasteiger partial charge < -0.3 is 19.7 Å². The van der Waals surface area contributed by atoms with Crippen molar-refractivity contribution in [2.24, 2.45) is 0 Å². The molecule has 2 fully saturated rings. The molecule has 2 aliphatic rings. The van der Waals surface area contributed by atoms with Crippen molar-refractivity contribution in [3.63, 3.8) is 0 Å². The third-order valence-corrected chi connectivity index (χ3v) is 8.83. The van der Waals surface area contributed by atoms with Crippen LogP contribution in [0.5, 0.6) is 11.5 Å². The molecule has 4 rings (SSSR count). The van der Waals surface area contributed by atoms with Gasteiger partial charge in [-0.2, -0.15) is 5.10 Å². The van der Waals surface area contributed by atoms with Gasteiger partial charge in [-0.25, -0.2) is 8.42 Å². The highest BCUT2D eigenvalue weighted by Crippen LogP contribution is 2.32. The van der Waals surface area contributed by atoms with Gasteiger partial charge in [0, 0.05) is 32.7 Å². The Bertz CT molecular complexity index is 1190. The van der Waals surface area contributed by atoms with Gasteiger partial charge in [0.2, 0.25) is 5.91 Å². The molecular weight excluding hydrogens is 482 g/mol. The fourth-order valence-corrected chi connectivity index (χ4v) is 6.90. The standard InChI is InChI=1S/C25H37N5O5S/c1-18-25(19(2)30(27-18)21-8-14-36(32,33)17-21)29-12-10-28(11-13-29)16-24(31)26-9-7-20-5-6-22(34-3)23(15-20)35-4/h5-6,15,21H,7-14,16-17H2,1-4H3,(H,26,31). The van der Waals surface area contributed by atoms with Crippen LogP contribution in [0.1, 0.15) is 29.4 Å². The summed E-state index contributed by atoms with van der Waals surface area (Å²) in [7, 11) is 0.254. The zero-order chi connectivity index (χ0) is 25.9. The molecule has 1 atom stereocenters. The molecule has 0 radical (unpaired) electrons. The number of sulfone groups is 1. The van der Waals surface area contributed by atoms with Gasteiger partial charge in [-0.1, -0.05) is 6.07 Å². The number of ether oxygens (including phenoxy) is 2. The van der Waals surface area contributed by atoms with Crippen LogP contribution in [0.4, 0.5) is 5.69 Å². The summed E-state index contributed by atoms with van der Waals surface area (Å²) in [4.78, 5) is 17.0. The maximum Gasteiger partial charge on any atom is 0.234 e. The molecule has 11 heteroatoms. The lowest BCUT2D eigenvalue weighted by atomic mass is 10.1. The molecule has 2 aliphatic heterocycles. The van der Waals surface area contributed by atoms with Crippen LogP contribution in [-0.2, 0) is 21.1 Å². The molecule has 1 amide bonds. The number of amides is 1. The molecule has 10 nitrogen and oxygen atoms in total. The number of aryl methyl sites for hydroxylation is 1. The predicted molar refractivity (Wildman–Crippen MR) is 139 cm³/mol. The molecule has 0 spiro atoms.